The Bertz CT molecular complexity index is 650. The van der Waals surface area contributed by atoms with Crippen molar-refractivity contribution in [2.45, 2.75) is 33.7 Å². The van der Waals surface area contributed by atoms with Gasteiger partial charge >= 0.3 is 0 Å². The van der Waals surface area contributed by atoms with Crippen molar-refractivity contribution in [1.29, 1.82) is 0 Å². The van der Waals surface area contributed by atoms with Crippen molar-refractivity contribution in [2.24, 2.45) is 0 Å². The average Bonchev–Trinajstić information content (AvgIpc) is 2.41. The zero-order chi connectivity index (χ0) is 15.6. The molecule has 21 heavy (non-hydrogen) atoms. The van der Waals surface area contributed by atoms with Gasteiger partial charge in [0, 0.05) is 10.0 Å². The fourth-order valence-electron chi connectivity index (χ4n) is 2.57. The molecule has 1 atom stereocenters. The molecule has 2 aromatic rings. The van der Waals surface area contributed by atoms with Crippen LogP contribution in [0, 0.1) is 20.8 Å². The molecule has 2 rings (SSSR count). The Morgan fingerprint density at radius 3 is 2.24 bits per heavy atom. The first kappa shape index (κ1) is 16.4. The molecular formula is C18H21Cl2N. The molecule has 0 aromatic heterocycles. The van der Waals surface area contributed by atoms with Crippen LogP contribution in [0.25, 0.3) is 0 Å². The second-order valence-corrected chi connectivity index (χ2v) is 6.29. The smallest absolute Gasteiger partial charge is 0.0594 e. The van der Waals surface area contributed by atoms with Crippen molar-refractivity contribution in [1.82, 2.24) is 5.32 Å². The third kappa shape index (κ3) is 3.60. The molecule has 0 fully saturated rings. The lowest BCUT2D eigenvalue weighted by Crippen LogP contribution is -2.23. The Morgan fingerprint density at radius 2 is 1.62 bits per heavy atom. The van der Waals surface area contributed by atoms with E-state index >= 15 is 0 Å². The summed E-state index contributed by atoms with van der Waals surface area (Å²) in [7, 11) is 0. The van der Waals surface area contributed by atoms with Crippen LogP contribution in [0.1, 0.15) is 40.8 Å². The first-order valence-corrected chi connectivity index (χ1v) is 7.95. The Hall–Kier alpha value is -1.02. The van der Waals surface area contributed by atoms with E-state index in [1.807, 2.05) is 19.1 Å². The highest BCUT2D eigenvalue weighted by Crippen LogP contribution is 2.33. The van der Waals surface area contributed by atoms with Gasteiger partial charge in [-0.3, -0.25) is 0 Å². The van der Waals surface area contributed by atoms with Crippen molar-refractivity contribution in [3.63, 3.8) is 0 Å². The molecule has 0 aliphatic carbocycles. The molecule has 1 nitrogen and oxygen atoms in total. The highest BCUT2D eigenvalue weighted by Gasteiger charge is 2.19. The first-order chi connectivity index (χ1) is 9.93. The van der Waals surface area contributed by atoms with Gasteiger partial charge in [-0.2, -0.15) is 0 Å². The van der Waals surface area contributed by atoms with Gasteiger partial charge in [0.15, 0.2) is 0 Å². The van der Waals surface area contributed by atoms with E-state index < -0.39 is 0 Å². The molecule has 0 saturated carbocycles. The Morgan fingerprint density at radius 1 is 0.905 bits per heavy atom. The largest absolute Gasteiger partial charge is 0.306 e. The molecule has 0 spiro atoms. The molecule has 1 N–H and O–H groups in total. The molecule has 0 aliphatic heterocycles. The van der Waals surface area contributed by atoms with Crippen molar-refractivity contribution in [3.8, 4) is 0 Å². The van der Waals surface area contributed by atoms with E-state index in [1.54, 1.807) is 0 Å². The quantitative estimate of drug-likeness (QED) is 0.770. The summed E-state index contributed by atoms with van der Waals surface area (Å²) in [5, 5.41) is 5.14. The predicted octanol–water partition coefficient (Wildman–Crippen LogP) is 5.62. The van der Waals surface area contributed by atoms with Gasteiger partial charge in [-0.15, -0.1) is 0 Å². The van der Waals surface area contributed by atoms with E-state index in [4.69, 9.17) is 23.2 Å². The summed E-state index contributed by atoms with van der Waals surface area (Å²) in [5.74, 6) is 0. The van der Waals surface area contributed by atoms with Crippen LogP contribution in [0.3, 0.4) is 0 Å². The van der Waals surface area contributed by atoms with E-state index in [0.717, 1.165) is 27.7 Å². The zero-order valence-corrected chi connectivity index (χ0v) is 14.4. The molecule has 0 radical (unpaired) electrons. The maximum absolute atomic E-state index is 6.47. The highest BCUT2D eigenvalue weighted by molar-refractivity contribution is 6.31. The van der Waals surface area contributed by atoms with Crippen LogP contribution in [0.4, 0.5) is 0 Å². The number of nitrogens with one attached hydrogen (secondary N) is 1. The van der Waals surface area contributed by atoms with Crippen LogP contribution >= 0.6 is 23.2 Å². The summed E-state index contributed by atoms with van der Waals surface area (Å²) < 4.78 is 0. The predicted molar refractivity (Wildman–Crippen MR) is 92.6 cm³/mol. The fourth-order valence-corrected chi connectivity index (χ4v) is 3.13. The molecular weight excluding hydrogens is 301 g/mol. The summed E-state index contributed by atoms with van der Waals surface area (Å²) >= 11 is 12.7. The minimum Gasteiger partial charge on any atom is -0.306 e. The second kappa shape index (κ2) is 6.83. The maximum Gasteiger partial charge on any atom is 0.0594 e. The summed E-state index contributed by atoms with van der Waals surface area (Å²) in [6, 6.07) is 10.5. The molecule has 1 unspecified atom stereocenters. The molecule has 0 heterocycles. The topological polar surface area (TPSA) is 12.0 Å². The van der Waals surface area contributed by atoms with E-state index in [9.17, 15) is 0 Å². The number of hydrogen-bond donors (Lipinski definition) is 1. The number of rotatable bonds is 4. The van der Waals surface area contributed by atoms with Gasteiger partial charge in [0.05, 0.1) is 6.04 Å². The molecule has 0 aliphatic rings. The van der Waals surface area contributed by atoms with Crippen molar-refractivity contribution in [2.75, 3.05) is 6.54 Å². The molecule has 2 aromatic carbocycles. The van der Waals surface area contributed by atoms with Gasteiger partial charge in [0.25, 0.3) is 0 Å². The highest BCUT2D eigenvalue weighted by atomic mass is 35.5. The number of hydrogen-bond acceptors (Lipinski definition) is 1. The minimum atomic E-state index is 0.0825. The van der Waals surface area contributed by atoms with Gasteiger partial charge < -0.3 is 5.32 Å². The van der Waals surface area contributed by atoms with Crippen LogP contribution in [-0.2, 0) is 0 Å². The van der Waals surface area contributed by atoms with Gasteiger partial charge in [0.2, 0.25) is 0 Å². The van der Waals surface area contributed by atoms with Crippen molar-refractivity contribution >= 4 is 23.2 Å². The zero-order valence-electron chi connectivity index (χ0n) is 12.9. The molecule has 0 bridgehead atoms. The first-order valence-electron chi connectivity index (χ1n) is 7.20. The molecule has 0 amide bonds. The lowest BCUT2D eigenvalue weighted by Gasteiger charge is -2.23. The summed E-state index contributed by atoms with van der Waals surface area (Å²) in [5.41, 5.74) is 5.76. The normalized spacial score (nSPS) is 12.5. The monoisotopic (exact) mass is 321 g/mol. The van der Waals surface area contributed by atoms with Crippen LogP contribution in [0.15, 0.2) is 30.3 Å². The van der Waals surface area contributed by atoms with Crippen molar-refractivity contribution in [3.05, 3.63) is 68.2 Å². The summed E-state index contributed by atoms with van der Waals surface area (Å²) in [4.78, 5) is 0. The van der Waals surface area contributed by atoms with Crippen molar-refractivity contribution < 1.29 is 0 Å². The van der Waals surface area contributed by atoms with Crippen LogP contribution < -0.4 is 5.32 Å². The van der Waals surface area contributed by atoms with E-state index in [-0.39, 0.29) is 6.04 Å². The van der Waals surface area contributed by atoms with Gasteiger partial charge in [-0.25, -0.2) is 0 Å². The second-order valence-electron chi connectivity index (χ2n) is 5.47. The van der Waals surface area contributed by atoms with Gasteiger partial charge in [-0.1, -0.05) is 48.3 Å². The molecule has 0 saturated heterocycles. The van der Waals surface area contributed by atoms with Crippen LogP contribution in [0.5, 0.6) is 0 Å². The summed E-state index contributed by atoms with van der Waals surface area (Å²) in [6.45, 7) is 9.15. The van der Waals surface area contributed by atoms with Gasteiger partial charge in [0.1, 0.15) is 0 Å². The van der Waals surface area contributed by atoms with E-state index in [0.29, 0.717) is 0 Å². The third-order valence-corrected chi connectivity index (χ3v) is 4.47. The van der Waals surface area contributed by atoms with E-state index in [1.165, 1.54) is 16.7 Å². The summed E-state index contributed by atoms with van der Waals surface area (Å²) in [6.07, 6.45) is 0. The number of aryl methyl sites for hydroxylation is 3. The minimum absolute atomic E-state index is 0.0825. The number of halogens is 2. The lowest BCUT2D eigenvalue weighted by molar-refractivity contribution is 0.627. The third-order valence-electron chi connectivity index (χ3n) is 3.73. The van der Waals surface area contributed by atoms with E-state index in [2.05, 4.69) is 44.3 Å². The fraction of sp³-hybridized carbons (Fsp3) is 0.333. The van der Waals surface area contributed by atoms with Crippen LogP contribution in [-0.4, -0.2) is 6.54 Å². The Labute approximate surface area is 137 Å². The Balaban J connectivity index is 2.55. The average molecular weight is 322 g/mol. The SMILES string of the molecule is CCNC(c1cc(C)c(Cl)cc1C)c1ccc(C)cc1Cl. The standard InChI is InChI=1S/C18H21Cl2N/c1-5-21-18(14-7-6-11(2)8-17(14)20)15-9-13(4)16(19)10-12(15)3/h6-10,18,21H,5H2,1-4H3. The maximum atomic E-state index is 6.47. The molecule has 112 valence electrons. The van der Waals surface area contributed by atoms with Crippen LogP contribution in [0.2, 0.25) is 10.0 Å². The van der Waals surface area contributed by atoms with Gasteiger partial charge in [-0.05, 0) is 67.3 Å². The lowest BCUT2D eigenvalue weighted by atomic mass is 9.93. The molecule has 3 heteroatoms. The Kier molecular flexibility index (Phi) is 5.32. The number of benzene rings is 2.